The first-order valence-corrected chi connectivity index (χ1v) is 6.29. The second kappa shape index (κ2) is 6.86. The third kappa shape index (κ3) is 3.77. The number of carbonyl (C=O) groups excluding carboxylic acids is 2. The third-order valence-electron chi connectivity index (χ3n) is 2.62. The third-order valence-corrected chi connectivity index (χ3v) is 2.62. The van der Waals surface area contributed by atoms with Gasteiger partial charge in [-0.3, -0.25) is 4.79 Å². The summed E-state index contributed by atoms with van der Waals surface area (Å²) < 4.78 is 6.26. The molecular weight excluding hydrogens is 248 g/mol. The van der Waals surface area contributed by atoms with Crippen LogP contribution in [-0.4, -0.2) is 40.5 Å². The Kier molecular flexibility index (Phi) is 5.47. The first kappa shape index (κ1) is 15.1. The summed E-state index contributed by atoms with van der Waals surface area (Å²) >= 11 is 0. The van der Waals surface area contributed by atoms with Crippen LogP contribution in [0.25, 0.3) is 0 Å². The van der Waals surface area contributed by atoms with Gasteiger partial charge in [-0.1, -0.05) is 19.1 Å². The molecule has 0 aromatic carbocycles. The van der Waals surface area contributed by atoms with E-state index in [0.717, 1.165) is 0 Å². The number of methoxy groups -OCH3 is 1. The summed E-state index contributed by atoms with van der Waals surface area (Å²) in [7, 11) is 1.31. The maximum Gasteiger partial charge on any atom is 0.360 e. The predicted molar refractivity (Wildman–Crippen MR) is 68.8 cm³/mol. The lowest BCUT2D eigenvalue weighted by Crippen LogP contribution is -2.24. The van der Waals surface area contributed by atoms with E-state index < -0.39 is 5.97 Å². The van der Waals surface area contributed by atoms with E-state index in [0.29, 0.717) is 25.2 Å². The number of ether oxygens (including phenoxy) is 1. The molecule has 0 aliphatic carbocycles. The highest BCUT2D eigenvalue weighted by Gasteiger charge is 2.22. The van der Waals surface area contributed by atoms with E-state index in [2.05, 4.69) is 20.4 Å². The Balaban J connectivity index is 2.87. The first-order chi connectivity index (χ1) is 9.01. The fourth-order valence-electron chi connectivity index (χ4n) is 1.79. The number of amides is 1. The van der Waals surface area contributed by atoms with Gasteiger partial charge in [-0.2, -0.15) is 0 Å². The zero-order chi connectivity index (χ0) is 14.4. The highest BCUT2D eigenvalue weighted by Crippen LogP contribution is 2.18. The van der Waals surface area contributed by atoms with Gasteiger partial charge in [0.2, 0.25) is 5.91 Å². The minimum atomic E-state index is -0.507. The number of rotatable bonds is 6. The largest absolute Gasteiger partial charge is 0.464 e. The average Bonchev–Trinajstić information content (AvgIpc) is 2.79. The average molecular weight is 268 g/mol. The van der Waals surface area contributed by atoms with Crippen molar-refractivity contribution >= 4 is 11.9 Å². The Morgan fingerprint density at radius 1 is 1.42 bits per heavy atom. The van der Waals surface area contributed by atoms with Gasteiger partial charge in [-0.05, 0) is 12.8 Å². The number of hydrogen-bond acceptors (Lipinski definition) is 5. The summed E-state index contributed by atoms with van der Waals surface area (Å²) in [4.78, 5) is 23.0. The Morgan fingerprint density at radius 2 is 2.11 bits per heavy atom. The summed E-state index contributed by atoms with van der Waals surface area (Å²) in [5, 5.41) is 10.5. The molecule has 1 heterocycles. The number of aryl methyl sites for hydroxylation is 1. The molecule has 0 aliphatic heterocycles. The van der Waals surface area contributed by atoms with Crippen LogP contribution in [0.1, 0.15) is 49.3 Å². The zero-order valence-corrected chi connectivity index (χ0v) is 11.8. The molecule has 0 bridgehead atoms. The minimum Gasteiger partial charge on any atom is -0.464 e. The van der Waals surface area contributed by atoms with Crippen molar-refractivity contribution in [2.24, 2.45) is 0 Å². The summed E-state index contributed by atoms with van der Waals surface area (Å²) in [5.74, 6) is -0.487. The monoisotopic (exact) mass is 268 g/mol. The molecule has 0 unspecified atom stereocenters. The van der Waals surface area contributed by atoms with Crippen molar-refractivity contribution < 1.29 is 14.3 Å². The van der Waals surface area contributed by atoms with Crippen LogP contribution in [-0.2, 0) is 16.1 Å². The molecule has 7 nitrogen and oxygen atoms in total. The molecule has 0 fully saturated rings. The molecule has 0 radical (unpaired) electrons. The second-order valence-electron chi connectivity index (χ2n) is 4.40. The molecule has 0 spiro atoms. The number of nitrogens with zero attached hydrogens (tertiary/aromatic N) is 3. The van der Waals surface area contributed by atoms with E-state index in [4.69, 9.17) is 0 Å². The minimum absolute atomic E-state index is 0.0488. The van der Waals surface area contributed by atoms with Crippen LogP contribution in [0.5, 0.6) is 0 Å². The zero-order valence-electron chi connectivity index (χ0n) is 11.8. The quantitative estimate of drug-likeness (QED) is 0.768. The van der Waals surface area contributed by atoms with E-state index in [1.165, 1.54) is 7.11 Å². The molecule has 106 valence electrons. The first-order valence-electron chi connectivity index (χ1n) is 6.29. The smallest absolute Gasteiger partial charge is 0.360 e. The van der Waals surface area contributed by atoms with E-state index in [-0.39, 0.29) is 17.5 Å². The van der Waals surface area contributed by atoms with Gasteiger partial charge in [0.25, 0.3) is 0 Å². The van der Waals surface area contributed by atoms with E-state index in [1.54, 1.807) is 4.68 Å². The van der Waals surface area contributed by atoms with Crippen molar-refractivity contribution in [2.75, 3.05) is 13.7 Å². The standard InChI is InChI=1S/C12H20N4O3/c1-5-13-9(17)6-7-16-11(8(2)3)10(14-15-16)12(18)19-4/h8H,5-7H2,1-4H3,(H,13,17). The van der Waals surface area contributed by atoms with Crippen LogP contribution < -0.4 is 5.32 Å². The molecule has 0 saturated heterocycles. The molecule has 1 rings (SSSR count). The van der Waals surface area contributed by atoms with E-state index in [1.807, 2.05) is 20.8 Å². The van der Waals surface area contributed by atoms with E-state index >= 15 is 0 Å². The van der Waals surface area contributed by atoms with Crippen molar-refractivity contribution in [3.8, 4) is 0 Å². The molecular formula is C12H20N4O3. The second-order valence-corrected chi connectivity index (χ2v) is 4.40. The Bertz CT molecular complexity index is 454. The van der Waals surface area contributed by atoms with Crippen molar-refractivity contribution in [3.63, 3.8) is 0 Å². The maximum absolute atomic E-state index is 11.6. The van der Waals surface area contributed by atoms with Crippen LogP contribution in [0.3, 0.4) is 0 Å². The number of esters is 1. The van der Waals surface area contributed by atoms with Gasteiger partial charge in [0.15, 0.2) is 5.69 Å². The van der Waals surface area contributed by atoms with Gasteiger partial charge in [0, 0.05) is 13.0 Å². The van der Waals surface area contributed by atoms with Gasteiger partial charge < -0.3 is 10.1 Å². The van der Waals surface area contributed by atoms with Crippen molar-refractivity contribution in [2.45, 2.75) is 39.7 Å². The van der Waals surface area contributed by atoms with Crippen LogP contribution in [0.4, 0.5) is 0 Å². The van der Waals surface area contributed by atoms with Crippen molar-refractivity contribution in [1.29, 1.82) is 0 Å². The Labute approximate surface area is 112 Å². The van der Waals surface area contributed by atoms with Crippen LogP contribution in [0.2, 0.25) is 0 Å². The molecule has 1 aromatic heterocycles. The molecule has 1 N–H and O–H groups in total. The predicted octanol–water partition coefficient (Wildman–Crippen LogP) is 0.714. The van der Waals surface area contributed by atoms with Gasteiger partial charge in [-0.15, -0.1) is 5.10 Å². The molecule has 7 heteroatoms. The van der Waals surface area contributed by atoms with Gasteiger partial charge in [0.05, 0.1) is 19.3 Å². The molecule has 1 amide bonds. The van der Waals surface area contributed by atoms with E-state index in [9.17, 15) is 9.59 Å². The maximum atomic E-state index is 11.6. The molecule has 0 atom stereocenters. The number of hydrogen-bond donors (Lipinski definition) is 1. The van der Waals surface area contributed by atoms with Crippen molar-refractivity contribution in [3.05, 3.63) is 11.4 Å². The van der Waals surface area contributed by atoms with Crippen molar-refractivity contribution in [1.82, 2.24) is 20.3 Å². The van der Waals surface area contributed by atoms with Crippen LogP contribution in [0.15, 0.2) is 0 Å². The molecule has 19 heavy (non-hydrogen) atoms. The summed E-state index contributed by atoms with van der Waals surface area (Å²) in [6.45, 7) is 6.73. The lowest BCUT2D eigenvalue weighted by molar-refractivity contribution is -0.121. The highest BCUT2D eigenvalue weighted by molar-refractivity contribution is 5.88. The summed E-state index contributed by atoms with van der Waals surface area (Å²) in [6, 6.07) is 0. The van der Waals surface area contributed by atoms with Crippen LogP contribution in [0, 0.1) is 0 Å². The Hall–Kier alpha value is -1.92. The van der Waals surface area contributed by atoms with Gasteiger partial charge >= 0.3 is 5.97 Å². The summed E-state index contributed by atoms with van der Waals surface area (Å²) in [5.41, 5.74) is 0.907. The fourth-order valence-corrected chi connectivity index (χ4v) is 1.79. The molecule has 0 saturated carbocycles. The number of aromatic nitrogens is 3. The lowest BCUT2D eigenvalue weighted by Gasteiger charge is -2.10. The normalized spacial score (nSPS) is 10.6. The summed E-state index contributed by atoms with van der Waals surface area (Å²) in [6.07, 6.45) is 0.303. The topological polar surface area (TPSA) is 86.1 Å². The SMILES string of the molecule is CCNC(=O)CCn1nnc(C(=O)OC)c1C(C)C. The molecule has 0 aliphatic rings. The van der Waals surface area contributed by atoms with Gasteiger partial charge in [0.1, 0.15) is 0 Å². The van der Waals surface area contributed by atoms with Crippen LogP contribution >= 0.6 is 0 Å². The Morgan fingerprint density at radius 3 is 2.63 bits per heavy atom. The lowest BCUT2D eigenvalue weighted by atomic mass is 10.1. The van der Waals surface area contributed by atoms with Gasteiger partial charge in [-0.25, -0.2) is 9.48 Å². The highest BCUT2D eigenvalue weighted by atomic mass is 16.5. The number of carbonyl (C=O) groups is 2. The number of nitrogens with one attached hydrogen (secondary N) is 1. The molecule has 1 aromatic rings. The fraction of sp³-hybridized carbons (Fsp3) is 0.667.